The Hall–Kier alpha value is -2.87. The largest absolute Gasteiger partial charge is 0.493 e. The number of hydrogen-bond acceptors (Lipinski definition) is 5. The monoisotopic (exact) mass is 461 g/mol. The molecule has 154 valence electrons. The second kappa shape index (κ2) is 11.2. The maximum atomic E-state index is 11.7. The molecule has 8 heteroatoms. The zero-order valence-electron chi connectivity index (χ0n) is 16.6. The molecule has 2 amide bonds. The first-order valence-corrected chi connectivity index (χ1v) is 9.85. The van der Waals surface area contributed by atoms with Crippen LogP contribution in [0.1, 0.15) is 25.0 Å². The molecule has 2 aromatic rings. The average molecular weight is 462 g/mol. The first kappa shape index (κ1) is 22.4. The Bertz CT molecular complexity index is 867. The van der Waals surface area contributed by atoms with Crippen LogP contribution in [0.15, 0.2) is 52.0 Å². The number of amides is 2. The fraction of sp³-hybridized carbons (Fsp3) is 0.286. The van der Waals surface area contributed by atoms with Gasteiger partial charge in [-0.05, 0) is 47.4 Å². The quantitative estimate of drug-likeness (QED) is 0.358. The standard InChI is InChI=1S/C21H24BrN3O4/c1-14(2)11-23-20(26)21(27)25-24-12-16-6-9-18(19(10-16)28-3)29-13-15-4-7-17(22)8-5-15/h4-10,12,14H,11,13H2,1-3H3,(H,23,26)(H,25,27). The maximum Gasteiger partial charge on any atom is 0.329 e. The lowest BCUT2D eigenvalue weighted by Crippen LogP contribution is -2.39. The van der Waals surface area contributed by atoms with E-state index in [1.807, 2.05) is 38.1 Å². The topological polar surface area (TPSA) is 89.0 Å². The number of hydrazone groups is 1. The number of ether oxygens (including phenoxy) is 2. The molecule has 0 fully saturated rings. The molecule has 0 spiro atoms. The first-order chi connectivity index (χ1) is 13.9. The summed E-state index contributed by atoms with van der Waals surface area (Å²) in [6.45, 7) is 4.71. The van der Waals surface area contributed by atoms with E-state index < -0.39 is 11.8 Å². The van der Waals surface area contributed by atoms with Crippen LogP contribution in [0.4, 0.5) is 0 Å². The zero-order valence-corrected chi connectivity index (χ0v) is 18.2. The molecule has 0 unspecified atom stereocenters. The van der Waals surface area contributed by atoms with Gasteiger partial charge in [0, 0.05) is 11.0 Å². The second-order valence-corrected chi connectivity index (χ2v) is 7.54. The molecule has 0 saturated carbocycles. The number of carbonyl (C=O) groups is 2. The number of carbonyl (C=O) groups excluding carboxylic acids is 2. The highest BCUT2D eigenvalue weighted by molar-refractivity contribution is 9.10. The number of rotatable bonds is 8. The maximum absolute atomic E-state index is 11.7. The molecule has 0 aliphatic heterocycles. The predicted molar refractivity (Wildman–Crippen MR) is 115 cm³/mol. The third kappa shape index (κ3) is 7.57. The summed E-state index contributed by atoms with van der Waals surface area (Å²) < 4.78 is 12.2. The van der Waals surface area contributed by atoms with Gasteiger partial charge in [0.25, 0.3) is 0 Å². The van der Waals surface area contributed by atoms with E-state index in [1.165, 1.54) is 6.21 Å². The van der Waals surface area contributed by atoms with Crippen molar-refractivity contribution in [2.24, 2.45) is 11.0 Å². The Morgan fingerprint density at radius 1 is 1.10 bits per heavy atom. The van der Waals surface area contributed by atoms with E-state index in [0.717, 1.165) is 10.0 Å². The molecular weight excluding hydrogens is 438 g/mol. The Morgan fingerprint density at radius 2 is 1.83 bits per heavy atom. The van der Waals surface area contributed by atoms with Crippen LogP contribution < -0.4 is 20.2 Å². The highest BCUT2D eigenvalue weighted by Crippen LogP contribution is 2.28. The predicted octanol–water partition coefficient (Wildman–Crippen LogP) is 3.26. The van der Waals surface area contributed by atoms with E-state index >= 15 is 0 Å². The van der Waals surface area contributed by atoms with E-state index in [0.29, 0.717) is 30.2 Å². The number of nitrogens with zero attached hydrogens (tertiary/aromatic N) is 1. The molecule has 0 heterocycles. The fourth-order valence-corrected chi connectivity index (χ4v) is 2.48. The van der Waals surface area contributed by atoms with Gasteiger partial charge in [0.1, 0.15) is 6.61 Å². The van der Waals surface area contributed by atoms with Crippen LogP contribution in [-0.2, 0) is 16.2 Å². The molecule has 0 aliphatic carbocycles. The molecule has 0 atom stereocenters. The van der Waals surface area contributed by atoms with Gasteiger partial charge in [-0.25, -0.2) is 5.43 Å². The number of nitrogens with one attached hydrogen (secondary N) is 2. The molecule has 7 nitrogen and oxygen atoms in total. The fourth-order valence-electron chi connectivity index (χ4n) is 2.22. The van der Waals surface area contributed by atoms with Gasteiger partial charge in [0.05, 0.1) is 13.3 Å². The summed E-state index contributed by atoms with van der Waals surface area (Å²) in [5.41, 5.74) is 3.91. The summed E-state index contributed by atoms with van der Waals surface area (Å²) in [6, 6.07) is 13.1. The van der Waals surface area contributed by atoms with Crippen molar-refractivity contribution >= 4 is 34.0 Å². The van der Waals surface area contributed by atoms with Gasteiger partial charge in [-0.3, -0.25) is 9.59 Å². The summed E-state index contributed by atoms with van der Waals surface area (Å²) in [6.07, 6.45) is 1.43. The summed E-state index contributed by atoms with van der Waals surface area (Å²) in [7, 11) is 1.55. The van der Waals surface area contributed by atoms with Crippen molar-refractivity contribution in [1.29, 1.82) is 0 Å². The van der Waals surface area contributed by atoms with Crippen LogP contribution in [0.5, 0.6) is 11.5 Å². The summed E-state index contributed by atoms with van der Waals surface area (Å²) in [5.74, 6) is -0.155. The normalized spacial score (nSPS) is 10.8. The lowest BCUT2D eigenvalue weighted by molar-refractivity contribution is -0.139. The molecule has 0 aliphatic rings. The van der Waals surface area contributed by atoms with Gasteiger partial charge in [-0.15, -0.1) is 0 Å². The van der Waals surface area contributed by atoms with Gasteiger partial charge in [-0.2, -0.15) is 5.10 Å². The average Bonchev–Trinajstić information content (AvgIpc) is 2.71. The van der Waals surface area contributed by atoms with E-state index in [2.05, 4.69) is 31.8 Å². The van der Waals surface area contributed by atoms with Gasteiger partial charge < -0.3 is 14.8 Å². The summed E-state index contributed by atoms with van der Waals surface area (Å²) >= 11 is 3.40. The third-order valence-corrected chi connectivity index (χ3v) is 4.28. The van der Waals surface area contributed by atoms with E-state index in [-0.39, 0.29) is 5.92 Å². The van der Waals surface area contributed by atoms with Crippen LogP contribution in [0, 0.1) is 5.92 Å². The molecular formula is C21H24BrN3O4. The molecule has 0 aromatic heterocycles. The minimum Gasteiger partial charge on any atom is -0.493 e. The lowest BCUT2D eigenvalue weighted by atomic mass is 10.2. The minimum atomic E-state index is -0.816. The number of benzene rings is 2. The summed E-state index contributed by atoms with van der Waals surface area (Å²) in [4.78, 5) is 23.3. The molecule has 0 saturated heterocycles. The minimum absolute atomic E-state index is 0.257. The SMILES string of the molecule is COc1cc(C=NNC(=O)C(=O)NCC(C)C)ccc1OCc1ccc(Br)cc1. The first-order valence-electron chi connectivity index (χ1n) is 9.05. The molecule has 2 N–H and O–H groups in total. The van der Waals surface area contributed by atoms with Crippen molar-refractivity contribution in [2.45, 2.75) is 20.5 Å². The second-order valence-electron chi connectivity index (χ2n) is 6.63. The Morgan fingerprint density at radius 3 is 2.48 bits per heavy atom. The molecule has 29 heavy (non-hydrogen) atoms. The Kier molecular flexibility index (Phi) is 8.67. The van der Waals surface area contributed by atoms with Crippen LogP contribution in [0.25, 0.3) is 0 Å². The van der Waals surface area contributed by atoms with Crippen molar-refractivity contribution in [2.75, 3.05) is 13.7 Å². The highest BCUT2D eigenvalue weighted by Gasteiger charge is 2.12. The van der Waals surface area contributed by atoms with Crippen LogP contribution >= 0.6 is 15.9 Å². The van der Waals surface area contributed by atoms with Crippen molar-refractivity contribution in [3.8, 4) is 11.5 Å². The van der Waals surface area contributed by atoms with Crippen LogP contribution in [0.2, 0.25) is 0 Å². The number of halogens is 1. The van der Waals surface area contributed by atoms with Gasteiger partial charge in [-0.1, -0.05) is 41.9 Å². The molecule has 0 radical (unpaired) electrons. The van der Waals surface area contributed by atoms with Gasteiger partial charge in [0.2, 0.25) is 0 Å². The van der Waals surface area contributed by atoms with Gasteiger partial charge >= 0.3 is 11.8 Å². The van der Waals surface area contributed by atoms with E-state index in [4.69, 9.17) is 9.47 Å². The van der Waals surface area contributed by atoms with Crippen molar-refractivity contribution in [1.82, 2.24) is 10.7 Å². The van der Waals surface area contributed by atoms with Crippen molar-refractivity contribution in [3.63, 3.8) is 0 Å². The molecule has 2 rings (SSSR count). The highest BCUT2D eigenvalue weighted by atomic mass is 79.9. The molecule has 0 bridgehead atoms. The number of hydrogen-bond donors (Lipinski definition) is 2. The van der Waals surface area contributed by atoms with Crippen molar-refractivity contribution in [3.05, 3.63) is 58.1 Å². The Labute approximate surface area is 178 Å². The van der Waals surface area contributed by atoms with Crippen molar-refractivity contribution < 1.29 is 19.1 Å². The third-order valence-electron chi connectivity index (χ3n) is 3.75. The van der Waals surface area contributed by atoms with Gasteiger partial charge in [0.15, 0.2) is 11.5 Å². The summed E-state index contributed by atoms with van der Waals surface area (Å²) in [5, 5.41) is 6.33. The smallest absolute Gasteiger partial charge is 0.329 e. The van der Waals surface area contributed by atoms with E-state index in [9.17, 15) is 9.59 Å². The van der Waals surface area contributed by atoms with Crippen LogP contribution in [-0.4, -0.2) is 31.7 Å². The van der Waals surface area contributed by atoms with Crippen LogP contribution in [0.3, 0.4) is 0 Å². The van der Waals surface area contributed by atoms with E-state index in [1.54, 1.807) is 25.3 Å². The zero-order chi connectivity index (χ0) is 21.2. The number of methoxy groups -OCH3 is 1. The Balaban J connectivity index is 1.93. The molecule has 2 aromatic carbocycles. The lowest BCUT2D eigenvalue weighted by Gasteiger charge is -2.11.